The Balaban J connectivity index is 1.81. The van der Waals surface area contributed by atoms with Crippen LogP contribution in [0.2, 0.25) is 0 Å². The van der Waals surface area contributed by atoms with E-state index in [9.17, 15) is 17.6 Å². The summed E-state index contributed by atoms with van der Waals surface area (Å²) in [6, 6.07) is 8.65. The van der Waals surface area contributed by atoms with E-state index in [4.69, 9.17) is 0 Å². The van der Waals surface area contributed by atoms with E-state index in [0.717, 1.165) is 61.9 Å². The van der Waals surface area contributed by atoms with Crippen molar-refractivity contribution < 1.29 is 17.6 Å². The Morgan fingerprint density at radius 3 is 2.72 bits per heavy atom. The molecule has 25 heavy (non-hydrogen) atoms. The van der Waals surface area contributed by atoms with E-state index in [0.29, 0.717) is 6.04 Å². The maximum atomic E-state index is 14.3. The molecule has 1 N–H and O–H groups in total. The zero-order valence-corrected chi connectivity index (χ0v) is 13.5. The van der Waals surface area contributed by atoms with Crippen molar-refractivity contribution in [1.82, 2.24) is 5.32 Å². The van der Waals surface area contributed by atoms with Crippen LogP contribution >= 0.6 is 0 Å². The average Bonchev–Trinajstić information content (AvgIpc) is 2.74. The number of anilines is 1. The summed E-state index contributed by atoms with van der Waals surface area (Å²) in [5.41, 5.74) is 1.04. The highest BCUT2D eigenvalue weighted by Crippen LogP contribution is 2.42. The summed E-state index contributed by atoms with van der Waals surface area (Å²) in [5.74, 6) is -0.846. The molecule has 4 rings (SSSR count). The van der Waals surface area contributed by atoms with E-state index in [1.165, 1.54) is 0 Å². The van der Waals surface area contributed by atoms with Crippen LogP contribution in [0.25, 0.3) is 11.1 Å². The van der Waals surface area contributed by atoms with Crippen molar-refractivity contribution in [3.63, 3.8) is 0 Å². The van der Waals surface area contributed by atoms with Gasteiger partial charge in [0.05, 0.1) is 5.56 Å². The summed E-state index contributed by atoms with van der Waals surface area (Å²) < 4.78 is 54.3. The molecule has 6 heteroatoms. The minimum atomic E-state index is -4.59. The second kappa shape index (κ2) is 6.02. The fourth-order valence-electron chi connectivity index (χ4n) is 3.93. The Kier molecular flexibility index (Phi) is 3.95. The highest BCUT2D eigenvalue weighted by atomic mass is 19.4. The third-order valence-electron chi connectivity index (χ3n) is 5.08. The molecule has 0 spiro atoms. The number of hydrogen-bond donors (Lipinski definition) is 1. The van der Waals surface area contributed by atoms with Gasteiger partial charge >= 0.3 is 6.18 Å². The van der Waals surface area contributed by atoms with Gasteiger partial charge in [0, 0.05) is 30.4 Å². The van der Waals surface area contributed by atoms with Gasteiger partial charge in [-0.05, 0) is 48.7 Å². The second-order valence-corrected chi connectivity index (χ2v) is 6.59. The normalized spacial score (nSPS) is 20.2. The highest BCUT2D eigenvalue weighted by molar-refractivity contribution is 5.75. The summed E-state index contributed by atoms with van der Waals surface area (Å²) in [6.07, 6.45) is -2.70. The molecule has 2 aliphatic rings. The number of hydrogen-bond acceptors (Lipinski definition) is 2. The van der Waals surface area contributed by atoms with Crippen molar-refractivity contribution in [2.75, 3.05) is 24.5 Å². The van der Waals surface area contributed by atoms with E-state index in [-0.39, 0.29) is 11.1 Å². The first-order valence-corrected chi connectivity index (χ1v) is 8.41. The molecule has 0 radical (unpaired) electrons. The van der Waals surface area contributed by atoms with E-state index in [2.05, 4.69) is 10.2 Å². The first kappa shape index (κ1) is 16.4. The molecular formula is C19H18F4N2. The zero-order valence-electron chi connectivity index (χ0n) is 13.5. The van der Waals surface area contributed by atoms with E-state index >= 15 is 0 Å². The zero-order chi connectivity index (χ0) is 17.6. The number of nitrogens with one attached hydrogen (secondary N) is 1. The Labute approximate surface area is 143 Å². The number of fused-ring (bicyclic) bond motifs is 3. The van der Waals surface area contributed by atoms with Gasteiger partial charge in [0.2, 0.25) is 0 Å². The quantitative estimate of drug-likeness (QED) is 0.774. The van der Waals surface area contributed by atoms with Crippen molar-refractivity contribution in [1.29, 1.82) is 0 Å². The number of nitrogens with zero attached hydrogens (tertiary/aromatic N) is 1. The summed E-state index contributed by atoms with van der Waals surface area (Å²) in [6.45, 7) is 2.59. The Morgan fingerprint density at radius 1 is 1.08 bits per heavy atom. The molecule has 0 aliphatic carbocycles. The number of benzene rings is 2. The summed E-state index contributed by atoms with van der Waals surface area (Å²) >= 11 is 0. The standard InChI is InChI=1S/C19H18F4N2/c20-16-3-1-2-15(19(21,22)23)18(16)13-5-4-12-10-14-6-7-24-8-9-25(14)17(12)11-13/h1-5,11,14,24H,6-10H2. The lowest BCUT2D eigenvalue weighted by molar-refractivity contribution is -0.137. The smallest absolute Gasteiger partial charge is 0.367 e. The van der Waals surface area contributed by atoms with Crippen LogP contribution in [0, 0.1) is 5.82 Å². The van der Waals surface area contributed by atoms with Crippen molar-refractivity contribution >= 4 is 5.69 Å². The van der Waals surface area contributed by atoms with Crippen molar-refractivity contribution in [3.05, 3.63) is 53.3 Å². The fraction of sp³-hybridized carbons (Fsp3) is 0.368. The second-order valence-electron chi connectivity index (χ2n) is 6.59. The monoisotopic (exact) mass is 350 g/mol. The molecule has 2 aromatic rings. The SMILES string of the molecule is Fc1cccc(C(F)(F)F)c1-c1ccc2c(c1)N1CCNCCC1C2. The topological polar surface area (TPSA) is 15.3 Å². The van der Waals surface area contributed by atoms with E-state index in [1.54, 1.807) is 12.1 Å². The molecule has 0 bridgehead atoms. The van der Waals surface area contributed by atoms with Gasteiger partial charge in [-0.15, -0.1) is 0 Å². The predicted octanol–water partition coefficient (Wildman–Crippen LogP) is 4.24. The minimum absolute atomic E-state index is 0.280. The van der Waals surface area contributed by atoms with Crippen LogP contribution in [0.4, 0.5) is 23.2 Å². The lowest BCUT2D eigenvalue weighted by atomic mass is 9.96. The molecule has 2 aliphatic heterocycles. The third kappa shape index (κ3) is 2.88. The number of rotatable bonds is 1. The van der Waals surface area contributed by atoms with Gasteiger partial charge in [0.15, 0.2) is 0 Å². The highest BCUT2D eigenvalue weighted by Gasteiger charge is 2.36. The molecule has 2 aromatic carbocycles. The van der Waals surface area contributed by atoms with Gasteiger partial charge in [-0.1, -0.05) is 18.2 Å². The maximum Gasteiger partial charge on any atom is 0.417 e. The van der Waals surface area contributed by atoms with Gasteiger partial charge < -0.3 is 10.2 Å². The maximum absolute atomic E-state index is 14.3. The summed E-state index contributed by atoms with van der Waals surface area (Å²) in [5, 5.41) is 3.34. The Morgan fingerprint density at radius 2 is 1.92 bits per heavy atom. The molecule has 1 unspecified atom stereocenters. The molecular weight excluding hydrogens is 332 g/mol. The molecule has 1 atom stereocenters. The van der Waals surface area contributed by atoms with Gasteiger partial charge in [0.1, 0.15) is 5.82 Å². The van der Waals surface area contributed by atoms with Crippen LogP contribution in [0.1, 0.15) is 17.5 Å². The van der Waals surface area contributed by atoms with Crippen LogP contribution in [-0.2, 0) is 12.6 Å². The molecule has 1 saturated heterocycles. The largest absolute Gasteiger partial charge is 0.417 e. The van der Waals surface area contributed by atoms with Crippen LogP contribution in [0.5, 0.6) is 0 Å². The van der Waals surface area contributed by atoms with Gasteiger partial charge in [0.25, 0.3) is 0 Å². The molecule has 1 fully saturated rings. The third-order valence-corrected chi connectivity index (χ3v) is 5.08. The van der Waals surface area contributed by atoms with Crippen molar-refractivity contribution in [3.8, 4) is 11.1 Å². The van der Waals surface area contributed by atoms with Crippen LogP contribution in [0.3, 0.4) is 0 Å². The Hall–Kier alpha value is -2.08. The first-order valence-electron chi connectivity index (χ1n) is 8.41. The molecule has 0 saturated carbocycles. The average molecular weight is 350 g/mol. The number of halogens is 4. The molecule has 0 aromatic heterocycles. The minimum Gasteiger partial charge on any atom is -0.367 e. The lowest BCUT2D eigenvalue weighted by Gasteiger charge is -2.25. The van der Waals surface area contributed by atoms with Crippen molar-refractivity contribution in [2.24, 2.45) is 0 Å². The van der Waals surface area contributed by atoms with E-state index < -0.39 is 17.6 Å². The summed E-state index contributed by atoms with van der Waals surface area (Å²) in [7, 11) is 0. The molecule has 2 heterocycles. The molecule has 0 amide bonds. The van der Waals surface area contributed by atoms with Crippen LogP contribution < -0.4 is 10.2 Å². The first-order chi connectivity index (χ1) is 11.9. The van der Waals surface area contributed by atoms with Gasteiger partial charge in [-0.3, -0.25) is 0 Å². The lowest BCUT2D eigenvalue weighted by Crippen LogP contribution is -2.32. The summed E-state index contributed by atoms with van der Waals surface area (Å²) in [4.78, 5) is 2.24. The Bertz CT molecular complexity index is 800. The van der Waals surface area contributed by atoms with Gasteiger partial charge in [-0.25, -0.2) is 4.39 Å². The predicted molar refractivity (Wildman–Crippen MR) is 89.2 cm³/mol. The van der Waals surface area contributed by atoms with Crippen LogP contribution in [0.15, 0.2) is 36.4 Å². The molecule has 132 valence electrons. The fourth-order valence-corrected chi connectivity index (χ4v) is 3.93. The van der Waals surface area contributed by atoms with Crippen LogP contribution in [-0.4, -0.2) is 25.7 Å². The van der Waals surface area contributed by atoms with Crippen molar-refractivity contribution in [2.45, 2.75) is 25.1 Å². The number of alkyl halides is 3. The van der Waals surface area contributed by atoms with Gasteiger partial charge in [-0.2, -0.15) is 13.2 Å². The van der Waals surface area contributed by atoms with E-state index in [1.807, 2.05) is 6.07 Å². The molecule has 2 nitrogen and oxygen atoms in total.